The average molecular weight is 261 g/mol. The summed E-state index contributed by atoms with van der Waals surface area (Å²) in [5.74, 6) is 0. The first-order valence-corrected chi connectivity index (χ1v) is 7.40. The molecule has 1 aromatic rings. The van der Waals surface area contributed by atoms with E-state index in [0.29, 0.717) is 11.5 Å². The lowest BCUT2D eigenvalue weighted by atomic mass is 9.75. The average Bonchev–Trinajstić information content (AvgIpc) is 2.38. The number of nitrogens with zero attached hydrogens (tertiary/aromatic N) is 1. The minimum absolute atomic E-state index is 0.380. The third-order valence-corrected chi connectivity index (χ3v) is 4.64. The molecule has 1 aromatic carbocycles. The van der Waals surface area contributed by atoms with E-state index in [1.54, 1.807) is 0 Å². The Morgan fingerprint density at radius 2 is 1.68 bits per heavy atom. The number of hydrogen-bond acceptors (Lipinski definition) is 2. The van der Waals surface area contributed by atoms with E-state index in [9.17, 15) is 5.11 Å². The van der Waals surface area contributed by atoms with Gasteiger partial charge in [-0.3, -0.25) is 0 Å². The van der Waals surface area contributed by atoms with Gasteiger partial charge in [-0.05, 0) is 55.7 Å². The topological polar surface area (TPSA) is 23.5 Å². The standard InChI is InChI=1S/C17H27NO/c1-13(19)14-5-7-15(8-6-14)18(4)16-9-11-17(2,3)12-10-16/h5-8,13,16,19H,9-12H2,1-4H3/t13-/m0/s1. The Balaban J connectivity index is 2.02. The normalized spacial score (nSPS) is 21.1. The van der Waals surface area contributed by atoms with E-state index in [1.165, 1.54) is 31.4 Å². The highest BCUT2D eigenvalue weighted by molar-refractivity contribution is 5.48. The van der Waals surface area contributed by atoms with E-state index >= 15 is 0 Å². The molecule has 2 heteroatoms. The molecule has 2 rings (SSSR count). The third kappa shape index (κ3) is 3.50. The van der Waals surface area contributed by atoms with Gasteiger partial charge in [0.1, 0.15) is 0 Å². The lowest BCUT2D eigenvalue weighted by Gasteiger charge is -2.39. The van der Waals surface area contributed by atoms with Crippen LogP contribution in [0.2, 0.25) is 0 Å². The largest absolute Gasteiger partial charge is 0.389 e. The van der Waals surface area contributed by atoms with Crippen molar-refractivity contribution in [2.24, 2.45) is 5.41 Å². The predicted octanol–water partition coefficient (Wildman–Crippen LogP) is 4.14. The molecule has 0 saturated heterocycles. The van der Waals surface area contributed by atoms with Crippen LogP contribution in [0.4, 0.5) is 5.69 Å². The Hall–Kier alpha value is -1.02. The molecule has 0 unspecified atom stereocenters. The molecule has 1 saturated carbocycles. The van der Waals surface area contributed by atoms with Crippen LogP contribution >= 0.6 is 0 Å². The molecular weight excluding hydrogens is 234 g/mol. The van der Waals surface area contributed by atoms with Crippen molar-refractivity contribution in [3.05, 3.63) is 29.8 Å². The summed E-state index contributed by atoms with van der Waals surface area (Å²) in [4.78, 5) is 2.40. The Bertz CT molecular complexity index is 398. The molecular formula is C17H27NO. The Morgan fingerprint density at radius 3 is 2.16 bits per heavy atom. The lowest BCUT2D eigenvalue weighted by molar-refractivity contribution is 0.199. The van der Waals surface area contributed by atoms with Crippen molar-refractivity contribution in [1.82, 2.24) is 0 Å². The van der Waals surface area contributed by atoms with Gasteiger partial charge in [-0.25, -0.2) is 0 Å². The molecule has 0 spiro atoms. The number of anilines is 1. The molecule has 0 radical (unpaired) electrons. The Kier molecular flexibility index (Phi) is 4.19. The minimum atomic E-state index is -0.380. The second-order valence-electron chi connectivity index (χ2n) is 6.77. The summed E-state index contributed by atoms with van der Waals surface area (Å²) in [7, 11) is 2.19. The fraction of sp³-hybridized carbons (Fsp3) is 0.647. The maximum absolute atomic E-state index is 9.55. The first-order chi connectivity index (χ1) is 8.89. The van der Waals surface area contributed by atoms with Crippen LogP contribution in [-0.2, 0) is 0 Å². The lowest BCUT2D eigenvalue weighted by Crippen LogP contribution is -2.37. The van der Waals surface area contributed by atoms with Crippen LogP contribution in [0.25, 0.3) is 0 Å². The molecule has 0 aromatic heterocycles. The summed E-state index contributed by atoms with van der Waals surface area (Å²) < 4.78 is 0. The molecule has 2 nitrogen and oxygen atoms in total. The van der Waals surface area contributed by atoms with Gasteiger partial charge in [0.25, 0.3) is 0 Å². The van der Waals surface area contributed by atoms with Crippen LogP contribution in [0.15, 0.2) is 24.3 Å². The van der Waals surface area contributed by atoms with Crippen LogP contribution in [0.3, 0.4) is 0 Å². The number of aliphatic hydroxyl groups is 1. The summed E-state index contributed by atoms with van der Waals surface area (Å²) in [5.41, 5.74) is 2.77. The van der Waals surface area contributed by atoms with Crippen molar-refractivity contribution in [2.45, 2.75) is 58.6 Å². The van der Waals surface area contributed by atoms with Gasteiger partial charge in [0.15, 0.2) is 0 Å². The van der Waals surface area contributed by atoms with Gasteiger partial charge < -0.3 is 10.0 Å². The van der Waals surface area contributed by atoms with Crippen LogP contribution in [-0.4, -0.2) is 18.2 Å². The molecule has 19 heavy (non-hydrogen) atoms. The van der Waals surface area contributed by atoms with Crippen LogP contribution in [0.5, 0.6) is 0 Å². The van der Waals surface area contributed by atoms with E-state index < -0.39 is 0 Å². The smallest absolute Gasteiger partial charge is 0.0761 e. The second kappa shape index (κ2) is 5.54. The van der Waals surface area contributed by atoms with Crippen LogP contribution in [0, 0.1) is 5.41 Å². The first-order valence-electron chi connectivity index (χ1n) is 7.40. The van der Waals surface area contributed by atoms with Crippen molar-refractivity contribution in [3.8, 4) is 0 Å². The minimum Gasteiger partial charge on any atom is -0.389 e. The molecule has 1 N–H and O–H groups in total. The highest BCUT2D eigenvalue weighted by Crippen LogP contribution is 2.37. The molecule has 1 atom stereocenters. The summed E-state index contributed by atoms with van der Waals surface area (Å²) in [6, 6.07) is 8.97. The maximum Gasteiger partial charge on any atom is 0.0761 e. The van der Waals surface area contributed by atoms with E-state index in [2.05, 4.69) is 37.9 Å². The van der Waals surface area contributed by atoms with Gasteiger partial charge >= 0.3 is 0 Å². The van der Waals surface area contributed by atoms with Crippen molar-refractivity contribution < 1.29 is 5.11 Å². The van der Waals surface area contributed by atoms with Gasteiger partial charge in [-0.1, -0.05) is 26.0 Å². The van der Waals surface area contributed by atoms with Gasteiger partial charge in [0, 0.05) is 18.8 Å². The van der Waals surface area contributed by atoms with Crippen molar-refractivity contribution in [1.29, 1.82) is 0 Å². The second-order valence-corrected chi connectivity index (χ2v) is 6.77. The number of rotatable bonds is 3. The van der Waals surface area contributed by atoms with Crippen molar-refractivity contribution in [3.63, 3.8) is 0 Å². The van der Waals surface area contributed by atoms with Gasteiger partial charge in [0.2, 0.25) is 0 Å². The Labute approximate surface area is 117 Å². The van der Waals surface area contributed by atoms with Crippen molar-refractivity contribution >= 4 is 5.69 Å². The zero-order valence-electron chi connectivity index (χ0n) is 12.7. The number of aliphatic hydroxyl groups excluding tert-OH is 1. The summed E-state index contributed by atoms with van der Waals surface area (Å²) >= 11 is 0. The summed E-state index contributed by atoms with van der Waals surface area (Å²) in [6.45, 7) is 6.56. The van der Waals surface area contributed by atoms with Gasteiger partial charge in [0.05, 0.1) is 6.10 Å². The van der Waals surface area contributed by atoms with Gasteiger partial charge in [-0.2, -0.15) is 0 Å². The Morgan fingerprint density at radius 1 is 1.16 bits per heavy atom. The van der Waals surface area contributed by atoms with Crippen LogP contribution in [0.1, 0.15) is 58.1 Å². The zero-order chi connectivity index (χ0) is 14.0. The summed E-state index contributed by atoms with van der Waals surface area (Å²) in [5, 5.41) is 9.55. The van der Waals surface area contributed by atoms with E-state index in [1.807, 2.05) is 19.1 Å². The van der Waals surface area contributed by atoms with E-state index in [4.69, 9.17) is 0 Å². The van der Waals surface area contributed by atoms with Crippen LogP contribution < -0.4 is 4.90 Å². The third-order valence-electron chi connectivity index (χ3n) is 4.64. The molecule has 1 fully saturated rings. The highest BCUT2D eigenvalue weighted by Gasteiger charge is 2.28. The molecule has 106 valence electrons. The number of benzene rings is 1. The fourth-order valence-corrected chi connectivity index (χ4v) is 2.97. The molecule has 0 bridgehead atoms. The molecule has 1 aliphatic rings. The predicted molar refractivity (Wildman–Crippen MR) is 81.5 cm³/mol. The molecule has 1 aliphatic carbocycles. The summed E-state index contributed by atoms with van der Waals surface area (Å²) in [6.07, 6.45) is 4.81. The van der Waals surface area contributed by atoms with Crippen molar-refractivity contribution in [2.75, 3.05) is 11.9 Å². The molecule has 0 aliphatic heterocycles. The zero-order valence-corrected chi connectivity index (χ0v) is 12.7. The quantitative estimate of drug-likeness (QED) is 0.883. The monoisotopic (exact) mass is 261 g/mol. The SMILES string of the molecule is C[C@H](O)c1ccc(N(C)C2CCC(C)(C)CC2)cc1. The fourth-order valence-electron chi connectivity index (χ4n) is 2.97. The highest BCUT2D eigenvalue weighted by atomic mass is 16.3. The molecule has 0 amide bonds. The first kappa shape index (κ1) is 14.4. The van der Waals surface area contributed by atoms with E-state index in [0.717, 1.165) is 5.56 Å². The maximum atomic E-state index is 9.55. The number of hydrogen-bond donors (Lipinski definition) is 1. The van der Waals surface area contributed by atoms with E-state index in [-0.39, 0.29) is 6.10 Å². The molecule has 0 heterocycles. The van der Waals surface area contributed by atoms with Gasteiger partial charge in [-0.15, -0.1) is 0 Å².